The molecule has 0 unspecified atom stereocenters. The number of carbonyl (C=O) groups is 2. The molecule has 2 amide bonds. The lowest BCUT2D eigenvalue weighted by Gasteiger charge is -2.09. The molecule has 2 aromatic rings. The van der Waals surface area contributed by atoms with E-state index in [1.54, 1.807) is 12.1 Å². The van der Waals surface area contributed by atoms with Gasteiger partial charge in [-0.15, -0.1) is 5.10 Å². The maximum absolute atomic E-state index is 12.3. The van der Waals surface area contributed by atoms with Crippen molar-refractivity contribution in [2.75, 3.05) is 17.3 Å². The third kappa shape index (κ3) is 5.75. The normalized spacial score (nSPS) is 17.2. The summed E-state index contributed by atoms with van der Waals surface area (Å²) in [4.78, 5) is 24.4. The van der Waals surface area contributed by atoms with Crippen molar-refractivity contribution < 1.29 is 14.3 Å². The summed E-state index contributed by atoms with van der Waals surface area (Å²) in [5, 5.41) is 9.60. The summed E-state index contributed by atoms with van der Waals surface area (Å²) in [7, 11) is 0. The molecule has 1 heterocycles. The maximum atomic E-state index is 12.3. The van der Waals surface area contributed by atoms with E-state index in [1.807, 2.05) is 49.4 Å². The van der Waals surface area contributed by atoms with E-state index in [0.29, 0.717) is 17.5 Å². The molecule has 0 saturated carbocycles. The minimum Gasteiger partial charge on any atom is -0.494 e. The number of nitrogens with zero attached hydrogens (tertiary/aromatic N) is 1. The van der Waals surface area contributed by atoms with E-state index in [-0.39, 0.29) is 18.2 Å². The van der Waals surface area contributed by atoms with Crippen LogP contribution in [0.5, 0.6) is 5.75 Å². The number of hydrogen-bond acceptors (Lipinski definition) is 6. The second kappa shape index (κ2) is 9.80. The van der Waals surface area contributed by atoms with Crippen molar-refractivity contribution in [1.29, 1.82) is 0 Å². The van der Waals surface area contributed by atoms with Crippen LogP contribution in [-0.2, 0) is 9.59 Å². The van der Waals surface area contributed by atoms with Gasteiger partial charge in [-0.05, 0) is 42.8 Å². The smallest absolute Gasteiger partial charge is 0.240 e. The molecule has 2 aromatic carbocycles. The van der Waals surface area contributed by atoms with E-state index in [9.17, 15) is 9.59 Å². The van der Waals surface area contributed by atoms with Crippen LogP contribution in [0.1, 0.15) is 19.8 Å². The lowest BCUT2D eigenvalue weighted by Crippen LogP contribution is -2.28. The number of hydrazone groups is 1. The number of para-hydroxylation sites is 1. The minimum atomic E-state index is -0.511. The van der Waals surface area contributed by atoms with Crippen molar-refractivity contribution in [3.8, 4) is 5.75 Å². The fourth-order valence-electron chi connectivity index (χ4n) is 2.46. The molecule has 1 aliphatic heterocycles. The first-order valence-corrected chi connectivity index (χ1v) is 9.91. The molecule has 7 nitrogen and oxygen atoms in total. The summed E-state index contributed by atoms with van der Waals surface area (Å²) < 4.78 is 5.52. The van der Waals surface area contributed by atoms with Crippen molar-refractivity contribution in [3.05, 3.63) is 54.6 Å². The Balaban J connectivity index is 1.49. The molecule has 1 aliphatic rings. The number of rotatable bonds is 8. The average molecular weight is 398 g/mol. The van der Waals surface area contributed by atoms with Crippen LogP contribution in [-0.4, -0.2) is 28.8 Å². The molecule has 8 heteroatoms. The fourth-order valence-corrected chi connectivity index (χ4v) is 3.38. The van der Waals surface area contributed by atoms with Gasteiger partial charge in [-0.1, -0.05) is 36.9 Å². The Morgan fingerprint density at radius 3 is 2.61 bits per heavy atom. The van der Waals surface area contributed by atoms with Gasteiger partial charge in [-0.3, -0.25) is 15.0 Å². The lowest BCUT2D eigenvalue weighted by molar-refractivity contribution is -0.122. The van der Waals surface area contributed by atoms with Gasteiger partial charge in [0.25, 0.3) is 0 Å². The number of amides is 2. The molecule has 0 spiro atoms. The van der Waals surface area contributed by atoms with Gasteiger partial charge in [0.2, 0.25) is 11.8 Å². The number of anilines is 2. The molecule has 0 aromatic heterocycles. The Labute approximate surface area is 167 Å². The second-order valence-corrected chi connectivity index (χ2v) is 7.31. The van der Waals surface area contributed by atoms with Gasteiger partial charge >= 0.3 is 0 Å². The zero-order valence-electron chi connectivity index (χ0n) is 15.5. The van der Waals surface area contributed by atoms with Crippen molar-refractivity contribution in [2.24, 2.45) is 5.10 Å². The van der Waals surface area contributed by atoms with Crippen LogP contribution in [0, 0.1) is 0 Å². The number of amidine groups is 1. The molecule has 0 aliphatic carbocycles. The number of thioether (sulfide) groups is 1. The Bertz CT molecular complexity index is 840. The highest BCUT2D eigenvalue weighted by Gasteiger charge is 2.32. The Morgan fingerprint density at radius 1 is 1.14 bits per heavy atom. The fraction of sp³-hybridized carbons (Fsp3) is 0.250. The van der Waals surface area contributed by atoms with Crippen LogP contribution in [0.3, 0.4) is 0 Å². The summed E-state index contributed by atoms with van der Waals surface area (Å²) in [6, 6.07) is 16.6. The molecule has 1 atom stereocenters. The Hall–Kier alpha value is -3.00. The number of carbonyl (C=O) groups excluding carboxylic acids is 2. The third-order valence-corrected chi connectivity index (χ3v) is 4.90. The van der Waals surface area contributed by atoms with Crippen molar-refractivity contribution in [2.45, 2.75) is 25.0 Å². The summed E-state index contributed by atoms with van der Waals surface area (Å²) in [6.45, 7) is 2.70. The lowest BCUT2D eigenvalue weighted by atomic mass is 10.2. The number of hydrogen-bond donors (Lipinski definition) is 3. The zero-order chi connectivity index (χ0) is 19.8. The summed E-state index contributed by atoms with van der Waals surface area (Å²) in [5.74, 6) is 0.307. The molecule has 3 rings (SSSR count). The molecule has 0 radical (unpaired) electrons. The van der Waals surface area contributed by atoms with Crippen LogP contribution >= 0.6 is 11.8 Å². The van der Waals surface area contributed by atoms with Crippen LogP contribution in [0.4, 0.5) is 11.4 Å². The largest absolute Gasteiger partial charge is 0.494 e. The predicted octanol–water partition coefficient (Wildman–Crippen LogP) is 3.42. The van der Waals surface area contributed by atoms with E-state index >= 15 is 0 Å². The van der Waals surface area contributed by atoms with E-state index in [0.717, 1.165) is 17.9 Å². The molecule has 146 valence electrons. The molecule has 28 heavy (non-hydrogen) atoms. The predicted molar refractivity (Wildman–Crippen MR) is 112 cm³/mol. The van der Waals surface area contributed by atoms with Crippen LogP contribution < -0.4 is 20.8 Å². The van der Waals surface area contributed by atoms with Gasteiger partial charge in [0.15, 0.2) is 5.17 Å². The Kier molecular flexibility index (Phi) is 6.91. The first-order valence-electron chi connectivity index (χ1n) is 9.03. The monoisotopic (exact) mass is 398 g/mol. The molecule has 0 bridgehead atoms. The topological polar surface area (TPSA) is 91.8 Å². The molecular weight excluding hydrogens is 376 g/mol. The van der Waals surface area contributed by atoms with Crippen molar-refractivity contribution >= 4 is 40.1 Å². The number of ether oxygens (including phenoxy) is 1. The van der Waals surface area contributed by atoms with Crippen molar-refractivity contribution in [3.63, 3.8) is 0 Å². The number of benzene rings is 2. The SMILES string of the molecule is CCCOc1ccc(NC(=O)C[C@@H]2S/C(=N/Nc3ccccc3)NC2=O)cc1. The van der Waals surface area contributed by atoms with Gasteiger partial charge in [0, 0.05) is 12.1 Å². The standard InChI is InChI=1S/C20H22N4O3S/c1-2-12-27-16-10-8-14(9-11-16)21-18(25)13-17-19(26)22-20(28-17)24-23-15-6-4-3-5-7-15/h3-11,17,23H,2,12-13H2,1H3,(H,21,25)(H,22,24,26)/t17-/m0/s1. The molecule has 1 fully saturated rings. The van der Waals surface area contributed by atoms with Gasteiger partial charge in [-0.2, -0.15) is 0 Å². The van der Waals surface area contributed by atoms with Crippen LogP contribution in [0.2, 0.25) is 0 Å². The van der Waals surface area contributed by atoms with E-state index in [4.69, 9.17) is 4.74 Å². The minimum absolute atomic E-state index is 0.0644. The highest BCUT2D eigenvalue weighted by Crippen LogP contribution is 2.23. The zero-order valence-corrected chi connectivity index (χ0v) is 16.3. The van der Waals surface area contributed by atoms with Gasteiger partial charge in [0.05, 0.1) is 12.3 Å². The molecule has 1 saturated heterocycles. The van der Waals surface area contributed by atoms with Gasteiger partial charge in [0.1, 0.15) is 11.0 Å². The summed E-state index contributed by atoms with van der Waals surface area (Å²) >= 11 is 1.23. The van der Waals surface area contributed by atoms with E-state index in [2.05, 4.69) is 21.2 Å². The molecule has 3 N–H and O–H groups in total. The second-order valence-electron chi connectivity index (χ2n) is 6.12. The summed E-state index contributed by atoms with van der Waals surface area (Å²) in [6.07, 6.45) is 1.00. The number of nitrogens with one attached hydrogen (secondary N) is 3. The Morgan fingerprint density at radius 2 is 1.89 bits per heavy atom. The maximum Gasteiger partial charge on any atom is 0.240 e. The molecular formula is C20H22N4O3S. The van der Waals surface area contributed by atoms with Gasteiger partial charge in [-0.25, -0.2) is 0 Å². The van der Waals surface area contributed by atoms with E-state index in [1.165, 1.54) is 11.8 Å². The van der Waals surface area contributed by atoms with Crippen molar-refractivity contribution in [1.82, 2.24) is 5.32 Å². The highest BCUT2D eigenvalue weighted by atomic mass is 32.2. The third-order valence-electron chi connectivity index (χ3n) is 3.82. The first-order chi connectivity index (χ1) is 13.6. The highest BCUT2D eigenvalue weighted by molar-refractivity contribution is 8.15. The quantitative estimate of drug-likeness (QED) is 0.593. The van der Waals surface area contributed by atoms with Gasteiger partial charge < -0.3 is 15.4 Å². The van der Waals surface area contributed by atoms with Crippen LogP contribution in [0.15, 0.2) is 59.7 Å². The first kappa shape index (κ1) is 19.8. The summed E-state index contributed by atoms with van der Waals surface area (Å²) in [5.41, 5.74) is 4.36. The van der Waals surface area contributed by atoms with E-state index < -0.39 is 5.25 Å². The average Bonchev–Trinajstić information content (AvgIpc) is 3.06. The van der Waals surface area contributed by atoms with Crippen LogP contribution in [0.25, 0.3) is 0 Å².